The van der Waals surface area contributed by atoms with Crippen molar-refractivity contribution in [3.05, 3.63) is 0 Å². The van der Waals surface area contributed by atoms with Gasteiger partial charge in [0.25, 0.3) is 0 Å². The van der Waals surface area contributed by atoms with Crippen molar-refractivity contribution >= 4 is 20.1 Å². The standard InChI is InChI=1S/C14H25NO4Si/c1-14(2,3)19-13(17)15-11(12(16)18-4)9-8-10-20(5,6)7/h11H,9H2,1-7H3,(H,15,17)/t11-/m0/s1. The van der Waals surface area contributed by atoms with Crippen molar-refractivity contribution < 1.29 is 19.1 Å². The molecule has 0 aliphatic heterocycles. The fraction of sp³-hybridized carbons (Fsp3) is 0.714. The Bertz CT molecular complexity index is 410. The first kappa shape index (κ1) is 18.5. The van der Waals surface area contributed by atoms with Crippen LogP contribution in [-0.4, -0.2) is 38.9 Å². The highest BCUT2D eigenvalue weighted by molar-refractivity contribution is 6.83. The van der Waals surface area contributed by atoms with Gasteiger partial charge in [-0.05, 0) is 20.8 Å². The molecule has 1 N–H and O–H groups in total. The highest BCUT2D eigenvalue weighted by Gasteiger charge is 2.24. The van der Waals surface area contributed by atoms with Crippen LogP contribution in [0.2, 0.25) is 19.6 Å². The third-order valence-electron chi connectivity index (χ3n) is 1.95. The predicted molar refractivity (Wildman–Crippen MR) is 80.9 cm³/mol. The van der Waals surface area contributed by atoms with Crippen LogP contribution in [0.3, 0.4) is 0 Å². The molecular formula is C14H25NO4Si. The van der Waals surface area contributed by atoms with Crippen LogP contribution >= 0.6 is 0 Å². The van der Waals surface area contributed by atoms with Crippen LogP contribution in [0.5, 0.6) is 0 Å². The second-order valence-corrected chi connectivity index (χ2v) is 11.2. The Morgan fingerprint density at radius 1 is 1.25 bits per heavy atom. The fourth-order valence-corrected chi connectivity index (χ4v) is 1.84. The van der Waals surface area contributed by atoms with Gasteiger partial charge < -0.3 is 14.8 Å². The summed E-state index contributed by atoms with van der Waals surface area (Å²) in [5.74, 6) is 2.42. The van der Waals surface area contributed by atoms with E-state index in [1.54, 1.807) is 20.8 Å². The van der Waals surface area contributed by atoms with Crippen LogP contribution in [0.15, 0.2) is 0 Å². The third kappa shape index (κ3) is 9.45. The summed E-state index contributed by atoms with van der Waals surface area (Å²) in [7, 11) is -0.229. The lowest BCUT2D eigenvalue weighted by atomic mass is 10.2. The Morgan fingerprint density at radius 3 is 2.20 bits per heavy atom. The molecule has 0 aromatic heterocycles. The lowest BCUT2D eigenvalue weighted by Gasteiger charge is -2.21. The molecule has 0 aliphatic rings. The number of rotatable bonds is 3. The predicted octanol–water partition coefficient (Wildman–Crippen LogP) is 2.32. The summed E-state index contributed by atoms with van der Waals surface area (Å²) in [4.78, 5) is 23.3. The Labute approximate surface area is 122 Å². The maximum absolute atomic E-state index is 11.7. The molecule has 20 heavy (non-hydrogen) atoms. The molecule has 0 aromatic carbocycles. The molecule has 0 bridgehead atoms. The van der Waals surface area contributed by atoms with Gasteiger partial charge in [-0.15, -0.1) is 11.5 Å². The Kier molecular flexibility index (Phi) is 6.80. The first-order valence-corrected chi connectivity index (χ1v) is 10.0. The van der Waals surface area contributed by atoms with Crippen molar-refractivity contribution in [1.29, 1.82) is 0 Å². The monoisotopic (exact) mass is 299 g/mol. The Hall–Kier alpha value is -1.48. The van der Waals surface area contributed by atoms with Crippen molar-refractivity contribution in [3.8, 4) is 11.5 Å². The normalized spacial score (nSPS) is 12.8. The average molecular weight is 299 g/mol. The number of ether oxygens (including phenoxy) is 2. The molecule has 1 amide bonds. The number of methoxy groups -OCH3 is 1. The van der Waals surface area contributed by atoms with E-state index < -0.39 is 31.8 Å². The van der Waals surface area contributed by atoms with E-state index in [1.165, 1.54) is 7.11 Å². The molecular weight excluding hydrogens is 274 g/mol. The van der Waals surface area contributed by atoms with Gasteiger partial charge >= 0.3 is 12.1 Å². The number of hydrogen-bond acceptors (Lipinski definition) is 4. The first-order chi connectivity index (χ1) is 8.94. The van der Waals surface area contributed by atoms with Crippen LogP contribution in [0, 0.1) is 11.5 Å². The molecule has 0 unspecified atom stereocenters. The fourth-order valence-electron chi connectivity index (χ4n) is 1.20. The van der Waals surface area contributed by atoms with Gasteiger partial charge in [-0.3, -0.25) is 0 Å². The van der Waals surface area contributed by atoms with Gasteiger partial charge in [0.05, 0.1) is 7.11 Å². The number of hydrogen-bond donors (Lipinski definition) is 1. The maximum atomic E-state index is 11.7. The minimum Gasteiger partial charge on any atom is -0.467 e. The van der Waals surface area contributed by atoms with Crippen molar-refractivity contribution in [2.45, 2.75) is 58.5 Å². The summed E-state index contributed by atoms with van der Waals surface area (Å²) in [6, 6.07) is -0.807. The molecule has 0 saturated heterocycles. The zero-order valence-electron chi connectivity index (χ0n) is 13.4. The summed E-state index contributed by atoms with van der Waals surface area (Å²) in [5.41, 5.74) is 2.53. The summed E-state index contributed by atoms with van der Waals surface area (Å²) in [5, 5.41) is 2.49. The molecule has 0 spiro atoms. The zero-order valence-corrected chi connectivity index (χ0v) is 14.4. The van der Waals surface area contributed by atoms with E-state index in [-0.39, 0.29) is 6.42 Å². The van der Waals surface area contributed by atoms with Gasteiger partial charge in [-0.25, -0.2) is 9.59 Å². The quantitative estimate of drug-likeness (QED) is 0.493. The molecule has 0 aromatic rings. The molecule has 0 heterocycles. The average Bonchev–Trinajstić information content (AvgIpc) is 2.22. The van der Waals surface area contributed by atoms with Crippen LogP contribution in [0.25, 0.3) is 0 Å². The third-order valence-corrected chi connectivity index (χ3v) is 2.87. The number of carbonyl (C=O) groups excluding carboxylic acids is 2. The number of esters is 1. The lowest BCUT2D eigenvalue weighted by Crippen LogP contribution is -2.43. The molecule has 0 radical (unpaired) electrons. The SMILES string of the molecule is COC(=O)[C@H](CC#C[Si](C)(C)C)NC(=O)OC(C)(C)C. The molecule has 1 atom stereocenters. The highest BCUT2D eigenvalue weighted by Crippen LogP contribution is 2.07. The number of carbonyl (C=O) groups is 2. The summed E-state index contributed by atoms with van der Waals surface area (Å²) < 4.78 is 9.77. The van der Waals surface area contributed by atoms with E-state index in [0.29, 0.717) is 0 Å². The highest BCUT2D eigenvalue weighted by atomic mass is 28.3. The Morgan fingerprint density at radius 2 is 1.80 bits per heavy atom. The smallest absolute Gasteiger partial charge is 0.408 e. The number of amides is 1. The molecule has 5 nitrogen and oxygen atoms in total. The minimum atomic E-state index is -1.50. The van der Waals surface area contributed by atoms with Crippen molar-refractivity contribution in [3.63, 3.8) is 0 Å². The topological polar surface area (TPSA) is 64.6 Å². The van der Waals surface area contributed by atoms with Gasteiger partial charge in [0.15, 0.2) is 0 Å². The number of alkyl carbamates (subject to hydrolysis) is 1. The van der Waals surface area contributed by atoms with E-state index in [4.69, 9.17) is 4.74 Å². The molecule has 0 aliphatic carbocycles. The van der Waals surface area contributed by atoms with E-state index in [2.05, 4.69) is 41.2 Å². The van der Waals surface area contributed by atoms with Gasteiger partial charge in [0.2, 0.25) is 0 Å². The van der Waals surface area contributed by atoms with Crippen molar-refractivity contribution in [2.75, 3.05) is 7.11 Å². The summed E-state index contributed by atoms with van der Waals surface area (Å²) in [6.45, 7) is 11.6. The van der Waals surface area contributed by atoms with E-state index in [1.807, 2.05) is 0 Å². The van der Waals surface area contributed by atoms with Gasteiger partial charge in [0.1, 0.15) is 19.7 Å². The van der Waals surface area contributed by atoms with E-state index in [0.717, 1.165) is 0 Å². The lowest BCUT2D eigenvalue weighted by molar-refractivity contribution is -0.143. The zero-order chi connectivity index (χ0) is 16.0. The van der Waals surface area contributed by atoms with Gasteiger partial charge in [-0.2, -0.15) is 0 Å². The van der Waals surface area contributed by atoms with Crippen molar-refractivity contribution in [2.24, 2.45) is 0 Å². The molecule has 0 fully saturated rings. The van der Waals surface area contributed by atoms with Crippen LogP contribution in [0.1, 0.15) is 27.2 Å². The maximum Gasteiger partial charge on any atom is 0.408 e. The van der Waals surface area contributed by atoms with Crippen LogP contribution in [0.4, 0.5) is 4.79 Å². The second-order valence-electron chi connectivity index (χ2n) is 6.48. The molecule has 6 heteroatoms. The number of nitrogens with one attached hydrogen (secondary N) is 1. The van der Waals surface area contributed by atoms with Crippen LogP contribution in [-0.2, 0) is 14.3 Å². The Balaban J connectivity index is 4.70. The molecule has 114 valence electrons. The van der Waals surface area contributed by atoms with E-state index in [9.17, 15) is 9.59 Å². The van der Waals surface area contributed by atoms with Gasteiger partial charge in [-0.1, -0.05) is 19.6 Å². The van der Waals surface area contributed by atoms with Crippen LogP contribution < -0.4 is 5.32 Å². The molecule has 0 saturated carbocycles. The van der Waals surface area contributed by atoms with E-state index >= 15 is 0 Å². The van der Waals surface area contributed by atoms with Crippen molar-refractivity contribution in [1.82, 2.24) is 5.32 Å². The first-order valence-electron chi connectivity index (χ1n) is 6.52. The second kappa shape index (κ2) is 7.34. The van der Waals surface area contributed by atoms with Gasteiger partial charge in [0, 0.05) is 6.42 Å². The summed E-state index contributed by atoms with van der Waals surface area (Å²) in [6.07, 6.45) is -0.432. The minimum absolute atomic E-state index is 0.218. The molecule has 0 rings (SSSR count). The summed E-state index contributed by atoms with van der Waals surface area (Å²) >= 11 is 0. The largest absolute Gasteiger partial charge is 0.467 e.